The maximum Gasteiger partial charge on any atom is 0.139 e. The third-order valence-corrected chi connectivity index (χ3v) is 4.86. The summed E-state index contributed by atoms with van der Waals surface area (Å²) in [5, 5.41) is 13.9. The summed E-state index contributed by atoms with van der Waals surface area (Å²) in [6, 6.07) is 11.7. The highest BCUT2D eigenvalue weighted by Gasteiger charge is 2.22. The average Bonchev–Trinajstić information content (AvgIpc) is 3.19. The Kier molecular flexibility index (Phi) is 3.62. The second kappa shape index (κ2) is 5.78. The molecule has 0 unspecified atom stereocenters. The van der Waals surface area contributed by atoms with E-state index in [0.717, 1.165) is 22.7 Å². The number of hydrogen-bond acceptors (Lipinski definition) is 3. The molecule has 4 rings (SSSR count). The molecule has 0 atom stereocenters. The minimum atomic E-state index is 0.0769. The van der Waals surface area contributed by atoms with E-state index in [9.17, 15) is 5.11 Å². The summed E-state index contributed by atoms with van der Waals surface area (Å²) in [4.78, 5) is 4.73. The summed E-state index contributed by atoms with van der Waals surface area (Å²) in [5.74, 6) is 1.02. The number of nitrogens with zero attached hydrogens (tertiary/aromatic N) is 2. The lowest BCUT2D eigenvalue weighted by Gasteiger charge is -2.15. The zero-order chi connectivity index (χ0) is 15.8. The summed E-state index contributed by atoms with van der Waals surface area (Å²) in [6.45, 7) is 0. The minimum Gasteiger partial charge on any atom is -0.506 e. The quantitative estimate of drug-likeness (QED) is 0.732. The van der Waals surface area contributed by atoms with E-state index < -0.39 is 0 Å². The van der Waals surface area contributed by atoms with Crippen LogP contribution in [-0.4, -0.2) is 20.5 Å². The Morgan fingerprint density at radius 3 is 2.78 bits per heavy atom. The van der Waals surface area contributed by atoms with Crippen LogP contribution in [0, 0.1) is 0 Å². The number of imidazole rings is 1. The number of pyridine rings is 1. The molecule has 1 saturated carbocycles. The molecule has 0 amide bonds. The zero-order valence-electron chi connectivity index (χ0n) is 12.7. The molecule has 1 aliphatic carbocycles. The SMILES string of the molecule is Oc1cccc(-c2nc3ccccn3c2NC2CCCC2)c1Cl. The number of phenols is 1. The van der Waals surface area contributed by atoms with Gasteiger partial charge in [-0.05, 0) is 31.0 Å². The number of benzene rings is 1. The van der Waals surface area contributed by atoms with Crippen LogP contribution in [-0.2, 0) is 0 Å². The lowest BCUT2D eigenvalue weighted by atomic mass is 10.1. The highest BCUT2D eigenvalue weighted by molar-refractivity contribution is 6.34. The number of fused-ring (bicyclic) bond motifs is 1. The average molecular weight is 328 g/mol. The minimum absolute atomic E-state index is 0.0769. The molecule has 2 N–H and O–H groups in total. The first-order chi connectivity index (χ1) is 11.2. The molecular weight excluding hydrogens is 310 g/mol. The lowest BCUT2D eigenvalue weighted by Crippen LogP contribution is -2.16. The van der Waals surface area contributed by atoms with Crippen molar-refractivity contribution in [3.63, 3.8) is 0 Å². The van der Waals surface area contributed by atoms with Gasteiger partial charge in [0, 0.05) is 17.8 Å². The number of aromatic nitrogens is 2. The van der Waals surface area contributed by atoms with E-state index in [-0.39, 0.29) is 5.75 Å². The fraction of sp³-hybridized carbons (Fsp3) is 0.278. The smallest absolute Gasteiger partial charge is 0.139 e. The van der Waals surface area contributed by atoms with E-state index in [0.29, 0.717) is 11.1 Å². The third kappa shape index (κ3) is 2.53. The number of nitrogens with one attached hydrogen (secondary N) is 1. The third-order valence-electron chi connectivity index (χ3n) is 4.46. The Balaban J connectivity index is 1.89. The van der Waals surface area contributed by atoms with Crippen molar-refractivity contribution >= 4 is 23.1 Å². The second-order valence-corrected chi connectivity index (χ2v) is 6.38. The molecule has 0 bridgehead atoms. The molecule has 0 spiro atoms. The lowest BCUT2D eigenvalue weighted by molar-refractivity contribution is 0.476. The maximum absolute atomic E-state index is 9.92. The number of aromatic hydroxyl groups is 1. The molecule has 5 heteroatoms. The molecule has 3 aromatic rings. The molecule has 0 aliphatic heterocycles. The molecule has 1 aliphatic rings. The van der Waals surface area contributed by atoms with Crippen LogP contribution in [0.3, 0.4) is 0 Å². The van der Waals surface area contributed by atoms with E-state index >= 15 is 0 Å². The summed E-state index contributed by atoms with van der Waals surface area (Å²) in [5.41, 5.74) is 2.39. The summed E-state index contributed by atoms with van der Waals surface area (Å²) in [6.07, 6.45) is 6.87. The zero-order valence-corrected chi connectivity index (χ0v) is 13.4. The Labute approximate surface area is 139 Å². The van der Waals surface area contributed by atoms with Crippen molar-refractivity contribution in [2.75, 3.05) is 5.32 Å². The van der Waals surface area contributed by atoms with Gasteiger partial charge in [-0.3, -0.25) is 4.40 Å². The van der Waals surface area contributed by atoms with Crippen LogP contribution in [0.5, 0.6) is 5.75 Å². The summed E-state index contributed by atoms with van der Waals surface area (Å²) >= 11 is 6.32. The van der Waals surface area contributed by atoms with Gasteiger partial charge in [-0.25, -0.2) is 4.98 Å². The van der Waals surface area contributed by atoms with Gasteiger partial charge >= 0.3 is 0 Å². The van der Waals surface area contributed by atoms with Crippen molar-refractivity contribution in [2.45, 2.75) is 31.7 Å². The van der Waals surface area contributed by atoms with Gasteiger partial charge in [0.2, 0.25) is 0 Å². The van der Waals surface area contributed by atoms with Gasteiger partial charge in [0.15, 0.2) is 0 Å². The monoisotopic (exact) mass is 327 g/mol. The molecule has 1 fully saturated rings. The molecule has 118 valence electrons. The van der Waals surface area contributed by atoms with Gasteiger partial charge < -0.3 is 10.4 Å². The van der Waals surface area contributed by atoms with E-state index in [1.54, 1.807) is 12.1 Å². The van der Waals surface area contributed by atoms with Crippen LogP contribution < -0.4 is 5.32 Å². The Morgan fingerprint density at radius 1 is 1.13 bits per heavy atom. The first-order valence-corrected chi connectivity index (χ1v) is 8.33. The van der Waals surface area contributed by atoms with Gasteiger partial charge in [-0.15, -0.1) is 0 Å². The molecule has 23 heavy (non-hydrogen) atoms. The predicted octanol–water partition coefficient (Wildman–Crippen LogP) is 4.71. The van der Waals surface area contributed by atoms with Crippen molar-refractivity contribution in [1.29, 1.82) is 0 Å². The molecule has 1 aromatic carbocycles. The normalized spacial score (nSPS) is 15.3. The summed E-state index contributed by atoms with van der Waals surface area (Å²) in [7, 11) is 0. The second-order valence-electron chi connectivity index (χ2n) is 6.00. The number of rotatable bonds is 3. The highest BCUT2D eigenvalue weighted by atomic mass is 35.5. The molecule has 2 aromatic heterocycles. The van der Waals surface area contributed by atoms with Gasteiger partial charge in [0.05, 0.1) is 5.02 Å². The standard InChI is InChI=1S/C18H18ClN3O/c19-16-13(8-5-9-14(16)23)17-18(20-12-6-1-2-7-12)22-11-4-3-10-15(22)21-17/h3-5,8-12,20,23H,1-2,6-7H2. The van der Waals surface area contributed by atoms with Crippen molar-refractivity contribution in [2.24, 2.45) is 0 Å². The van der Waals surface area contributed by atoms with E-state index in [4.69, 9.17) is 16.6 Å². The number of halogens is 1. The largest absolute Gasteiger partial charge is 0.506 e. The Hall–Kier alpha value is -2.20. The topological polar surface area (TPSA) is 49.6 Å². The molecule has 4 nitrogen and oxygen atoms in total. The fourth-order valence-electron chi connectivity index (χ4n) is 3.29. The van der Waals surface area contributed by atoms with Gasteiger partial charge in [-0.1, -0.05) is 42.6 Å². The van der Waals surface area contributed by atoms with Crippen LogP contribution in [0.1, 0.15) is 25.7 Å². The van der Waals surface area contributed by atoms with Crippen molar-refractivity contribution in [1.82, 2.24) is 9.38 Å². The Bertz CT molecular complexity index is 853. The van der Waals surface area contributed by atoms with Crippen LogP contribution >= 0.6 is 11.6 Å². The van der Waals surface area contributed by atoms with Crippen molar-refractivity contribution in [3.8, 4) is 17.0 Å². The maximum atomic E-state index is 9.92. The van der Waals surface area contributed by atoms with Gasteiger partial charge in [0.25, 0.3) is 0 Å². The van der Waals surface area contributed by atoms with E-state index in [1.807, 2.05) is 34.9 Å². The van der Waals surface area contributed by atoms with Crippen LogP contribution in [0.4, 0.5) is 5.82 Å². The number of hydrogen-bond donors (Lipinski definition) is 2. The fourth-order valence-corrected chi connectivity index (χ4v) is 3.50. The molecule has 0 saturated heterocycles. The predicted molar refractivity (Wildman–Crippen MR) is 93.2 cm³/mol. The molecular formula is C18H18ClN3O. The van der Waals surface area contributed by atoms with E-state index in [1.165, 1.54) is 25.7 Å². The van der Waals surface area contributed by atoms with Crippen LogP contribution in [0.15, 0.2) is 42.6 Å². The Morgan fingerprint density at radius 2 is 1.96 bits per heavy atom. The number of anilines is 1. The van der Waals surface area contributed by atoms with Crippen molar-refractivity contribution < 1.29 is 5.11 Å². The highest BCUT2D eigenvalue weighted by Crippen LogP contribution is 2.38. The molecule has 2 heterocycles. The first kappa shape index (κ1) is 14.4. The summed E-state index contributed by atoms with van der Waals surface area (Å²) < 4.78 is 2.05. The van der Waals surface area contributed by atoms with Crippen LogP contribution in [0.2, 0.25) is 5.02 Å². The van der Waals surface area contributed by atoms with E-state index in [2.05, 4.69) is 5.32 Å². The van der Waals surface area contributed by atoms with Crippen LogP contribution in [0.25, 0.3) is 16.9 Å². The number of phenolic OH excluding ortho intramolecular Hbond substituents is 1. The molecule has 0 radical (unpaired) electrons. The van der Waals surface area contributed by atoms with Crippen molar-refractivity contribution in [3.05, 3.63) is 47.6 Å². The van der Waals surface area contributed by atoms with Gasteiger partial charge in [0.1, 0.15) is 22.9 Å². The van der Waals surface area contributed by atoms with Gasteiger partial charge in [-0.2, -0.15) is 0 Å². The first-order valence-electron chi connectivity index (χ1n) is 7.95.